The summed E-state index contributed by atoms with van der Waals surface area (Å²) in [7, 11) is 0. The number of rotatable bonds is 3. The summed E-state index contributed by atoms with van der Waals surface area (Å²) in [6, 6.07) is 0. The summed E-state index contributed by atoms with van der Waals surface area (Å²) < 4.78 is 5.48. The highest BCUT2D eigenvalue weighted by Crippen LogP contribution is 2.59. The number of carboxylic acid groups (broad SMARTS) is 1. The molecule has 1 saturated carbocycles. The molecule has 0 aromatic heterocycles. The zero-order valence-corrected chi connectivity index (χ0v) is 12.9. The second-order valence-corrected chi connectivity index (χ2v) is 7.03. The number of aliphatic carboxylic acids is 1. The van der Waals surface area contributed by atoms with Crippen LogP contribution in [-0.2, 0) is 14.3 Å². The van der Waals surface area contributed by atoms with Gasteiger partial charge in [0, 0.05) is 0 Å². The Labute approximate surface area is 116 Å². The highest BCUT2D eigenvalue weighted by Gasteiger charge is 2.61. The summed E-state index contributed by atoms with van der Waals surface area (Å²) in [5, 5.41) is 9.04. The zero-order valence-electron chi connectivity index (χ0n) is 11.3. The molecule has 5 heteroatoms. The molecular weight excluding hydrogens is 300 g/mol. The third-order valence-electron chi connectivity index (χ3n) is 3.10. The molecule has 1 rings (SSSR count). The molecule has 1 aliphatic rings. The van der Waals surface area contributed by atoms with E-state index in [0.717, 1.165) is 0 Å². The van der Waals surface area contributed by atoms with Gasteiger partial charge in [0.2, 0.25) is 0 Å². The first-order chi connectivity index (χ1) is 7.97. The van der Waals surface area contributed by atoms with Gasteiger partial charge in [0.1, 0.15) is 5.60 Å². The fraction of sp³-hybridized carbons (Fsp3) is 0.692. The van der Waals surface area contributed by atoms with E-state index in [-0.39, 0.29) is 11.3 Å². The maximum atomic E-state index is 11.7. The number of allylic oxidation sites excluding steroid dienone is 1. The Kier molecular flexibility index (Phi) is 3.96. The largest absolute Gasteiger partial charge is 0.481 e. The van der Waals surface area contributed by atoms with Crippen LogP contribution >= 0.6 is 15.9 Å². The minimum Gasteiger partial charge on any atom is -0.481 e. The Hall–Kier alpha value is -0.840. The van der Waals surface area contributed by atoms with Gasteiger partial charge in [0.05, 0.1) is 10.4 Å². The summed E-state index contributed by atoms with van der Waals surface area (Å²) in [6.07, 6.45) is 1.65. The monoisotopic (exact) mass is 318 g/mol. The lowest BCUT2D eigenvalue weighted by atomic mass is 10.1. The standard InChI is InChI=1S/C13H19BrO4/c1-12(2,3)18-11(17)8(14)6-7-9(10(15)16)13(7,4)5/h6-7,9H,1-5H3,(H,15,16)/b8-6+. The quantitative estimate of drug-likeness (QED) is 0.642. The van der Waals surface area contributed by atoms with Crippen LogP contribution in [0.5, 0.6) is 0 Å². The molecule has 1 N–H and O–H groups in total. The topological polar surface area (TPSA) is 63.6 Å². The van der Waals surface area contributed by atoms with Crippen molar-refractivity contribution >= 4 is 27.9 Å². The molecule has 0 aromatic carbocycles. The zero-order chi connectivity index (χ0) is 14.3. The van der Waals surface area contributed by atoms with Crippen molar-refractivity contribution in [2.24, 2.45) is 17.3 Å². The second kappa shape index (κ2) is 4.68. The number of ether oxygens (including phenoxy) is 1. The SMILES string of the molecule is CC(C)(C)OC(=O)/C(Br)=C\C1C(C(=O)O)C1(C)C. The second-order valence-electron chi connectivity index (χ2n) is 6.18. The van der Waals surface area contributed by atoms with Gasteiger partial charge in [-0.2, -0.15) is 0 Å². The van der Waals surface area contributed by atoms with Gasteiger partial charge >= 0.3 is 11.9 Å². The molecule has 0 spiro atoms. The Balaban J connectivity index is 2.74. The molecule has 4 nitrogen and oxygen atoms in total. The lowest BCUT2D eigenvalue weighted by Crippen LogP contribution is -2.23. The number of hydrogen-bond acceptors (Lipinski definition) is 3. The molecule has 0 saturated heterocycles. The van der Waals surface area contributed by atoms with E-state index in [2.05, 4.69) is 15.9 Å². The van der Waals surface area contributed by atoms with Gasteiger partial charge in [-0.25, -0.2) is 4.79 Å². The van der Waals surface area contributed by atoms with E-state index in [9.17, 15) is 9.59 Å². The number of halogens is 1. The van der Waals surface area contributed by atoms with Crippen LogP contribution in [0.4, 0.5) is 0 Å². The molecule has 0 radical (unpaired) electrons. The van der Waals surface area contributed by atoms with Crippen molar-refractivity contribution in [3.8, 4) is 0 Å². The van der Waals surface area contributed by atoms with E-state index >= 15 is 0 Å². The fourth-order valence-electron chi connectivity index (χ4n) is 2.01. The summed E-state index contributed by atoms with van der Waals surface area (Å²) >= 11 is 3.16. The van der Waals surface area contributed by atoms with Crippen LogP contribution in [0, 0.1) is 17.3 Å². The molecular formula is C13H19BrO4. The van der Waals surface area contributed by atoms with Crippen molar-refractivity contribution in [1.29, 1.82) is 0 Å². The third-order valence-corrected chi connectivity index (χ3v) is 3.68. The Morgan fingerprint density at radius 2 is 1.83 bits per heavy atom. The average molecular weight is 319 g/mol. The predicted molar refractivity (Wildman–Crippen MR) is 71.3 cm³/mol. The van der Waals surface area contributed by atoms with E-state index in [1.807, 2.05) is 13.8 Å². The van der Waals surface area contributed by atoms with Gasteiger partial charge in [-0.3, -0.25) is 4.79 Å². The maximum absolute atomic E-state index is 11.7. The normalized spacial score (nSPS) is 26.7. The number of hydrogen-bond donors (Lipinski definition) is 1. The molecule has 18 heavy (non-hydrogen) atoms. The fourth-order valence-corrected chi connectivity index (χ4v) is 2.38. The highest BCUT2D eigenvalue weighted by atomic mass is 79.9. The van der Waals surface area contributed by atoms with Crippen molar-refractivity contribution in [3.05, 3.63) is 10.6 Å². The van der Waals surface area contributed by atoms with Crippen LogP contribution in [0.3, 0.4) is 0 Å². The van der Waals surface area contributed by atoms with Crippen LogP contribution < -0.4 is 0 Å². The Morgan fingerprint density at radius 1 is 1.33 bits per heavy atom. The van der Waals surface area contributed by atoms with Gasteiger partial charge in [-0.1, -0.05) is 19.9 Å². The minimum absolute atomic E-state index is 0.142. The van der Waals surface area contributed by atoms with Crippen molar-refractivity contribution in [2.75, 3.05) is 0 Å². The van der Waals surface area contributed by atoms with Crippen LogP contribution in [-0.4, -0.2) is 22.6 Å². The number of carboxylic acids is 1. The van der Waals surface area contributed by atoms with E-state index < -0.39 is 23.5 Å². The smallest absolute Gasteiger partial charge is 0.345 e. The third kappa shape index (κ3) is 3.34. The van der Waals surface area contributed by atoms with E-state index in [4.69, 9.17) is 9.84 Å². The lowest BCUT2D eigenvalue weighted by molar-refractivity contribution is -0.149. The van der Waals surface area contributed by atoms with Crippen LogP contribution in [0.25, 0.3) is 0 Å². The van der Waals surface area contributed by atoms with Crippen molar-refractivity contribution in [2.45, 2.75) is 40.2 Å². The highest BCUT2D eigenvalue weighted by molar-refractivity contribution is 9.12. The molecule has 1 fully saturated rings. The molecule has 0 amide bonds. The van der Waals surface area contributed by atoms with Crippen LogP contribution in [0.2, 0.25) is 0 Å². The first-order valence-electron chi connectivity index (χ1n) is 5.80. The molecule has 0 heterocycles. The van der Waals surface area contributed by atoms with Crippen molar-refractivity contribution in [1.82, 2.24) is 0 Å². The van der Waals surface area contributed by atoms with Crippen molar-refractivity contribution < 1.29 is 19.4 Å². The number of carbonyl (C=O) groups is 2. The van der Waals surface area contributed by atoms with E-state index in [0.29, 0.717) is 4.48 Å². The van der Waals surface area contributed by atoms with Gasteiger partial charge in [-0.15, -0.1) is 0 Å². The van der Waals surface area contributed by atoms with Gasteiger partial charge < -0.3 is 9.84 Å². The van der Waals surface area contributed by atoms with E-state index in [1.165, 1.54) is 0 Å². The number of esters is 1. The Morgan fingerprint density at radius 3 is 2.17 bits per heavy atom. The molecule has 2 atom stereocenters. The summed E-state index contributed by atoms with van der Waals surface area (Å²) in [4.78, 5) is 22.7. The van der Waals surface area contributed by atoms with Crippen LogP contribution in [0.1, 0.15) is 34.6 Å². The first kappa shape index (κ1) is 15.2. The first-order valence-corrected chi connectivity index (χ1v) is 6.59. The minimum atomic E-state index is -0.828. The molecule has 0 aliphatic heterocycles. The summed E-state index contributed by atoms with van der Waals surface area (Å²) in [5.41, 5.74) is -0.873. The van der Waals surface area contributed by atoms with Gasteiger partial charge in [-0.05, 0) is 48.0 Å². The Bertz CT molecular complexity index is 404. The molecule has 1 aliphatic carbocycles. The molecule has 0 bridgehead atoms. The van der Waals surface area contributed by atoms with Crippen LogP contribution in [0.15, 0.2) is 10.6 Å². The van der Waals surface area contributed by atoms with Gasteiger partial charge in [0.25, 0.3) is 0 Å². The maximum Gasteiger partial charge on any atom is 0.345 e. The number of carbonyl (C=O) groups excluding carboxylic acids is 1. The summed E-state index contributed by atoms with van der Waals surface area (Å²) in [6.45, 7) is 9.11. The molecule has 0 aromatic rings. The predicted octanol–water partition coefficient (Wildman–Crippen LogP) is 2.96. The van der Waals surface area contributed by atoms with Crippen molar-refractivity contribution in [3.63, 3.8) is 0 Å². The average Bonchev–Trinajstić information content (AvgIpc) is 2.64. The molecule has 102 valence electrons. The lowest BCUT2D eigenvalue weighted by Gasteiger charge is -2.19. The summed E-state index contributed by atoms with van der Waals surface area (Å²) in [5.74, 6) is -1.87. The van der Waals surface area contributed by atoms with Gasteiger partial charge in [0.15, 0.2) is 0 Å². The molecule has 2 unspecified atom stereocenters. The van der Waals surface area contributed by atoms with E-state index in [1.54, 1.807) is 26.8 Å².